The molecular weight excluding hydrogens is 512 g/mol. The molecule has 1 amide bonds. The molecule has 6 nitrogen and oxygen atoms in total. The molecule has 0 heterocycles. The Morgan fingerprint density at radius 2 is 1.66 bits per heavy atom. The van der Waals surface area contributed by atoms with E-state index < -0.39 is 0 Å². The smallest absolute Gasteiger partial charge is 0.302 e. The highest BCUT2D eigenvalue weighted by Gasteiger charge is 2.83. The van der Waals surface area contributed by atoms with Crippen molar-refractivity contribution < 1.29 is 19.4 Å². The number of esters is 1. The van der Waals surface area contributed by atoms with Crippen molar-refractivity contribution >= 4 is 11.9 Å². The number of amides is 1. The minimum atomic E-state index is -0.337. The van der Waals surface area contributed by atoms with Crippen LogP contribution < -0.4 is 5.32 Å². The molecule has 11 atom stereocenters. The summed E-state index contributed by atoms with van der Waals surface area (Å²) in [4.78, 5) is 27.8. The average molecular weight is 565 g/mol. The van der Waals surface area contributed by atoms with E-state index in [2.05, 4.69) is 52.0 Å². The third-order valence-electron chi connectivity index (χ3n) is 14.3. The van der Waals surface area contributed by atoms with E-state index in [9.17, 15) is 14.7 Å². The Morgan fingerprint density at radius 3 is 2.29 bits per heavy atom. The normalized spacial score (nSPS) is 46.9. The third-order valence-corrected chi connectivity index (χ3v) is 14.3. The van der Waals surface area contributed by atoms with Crippen molar-refractivity contribution in [2.24, 2.45) is 44.8 Å². The molecule has 1 aromatic carbocycles. The summed E-state index contributed by atoms with van der Waals surface area (Å²) in [7, 11) is 4.31. The number of nitrogens with one attached hydrogen (secondary N) is 1. The lowest BCUT2D eigenvalue weighted by Gasteiger charge is -2.63. The van der Waals surface area contributed by atoms with E-state index in [0.717, 1.165) is 32.1 Å². The highest BCUT2D eigenvalue weighted by Crippen LogP contribution is 2.89. The van der Waals surface area contributed by atoms with Gasteiger partial charge in [0.05, 0.1) is 6.61 Å². The van der Waals surface area contributed by atoms with Gasteiger partial charge in [-0.3, -0.25) is 9.59 Å². The van der Waals surface area contributed by atoms with Crippen LogP contribution in [0.1, 0.15) is 96.3 Å². The number of aliphatic hydroxyl groups is 1. The average Bonchev–Trinajstić information content (AvgIpc) is 3.54. The highest BCUT2D eigenvalue weighted by atomic mass is 16.5. The maximum atomic E-state index is 13.2. The van der Waals surface area contributed by atoms with Crippen molar-refractivity contribution in [2.45, 2.75) is 104 Å². The number of hydrogen-bond acceptors (Lipinski definition) is 5. The van der Waals surface area contributed by atoms with E-state index in [-0.39, 0.29) is 52.3 Å². The Hall–Kier alpha value is -1.92. The summed E-state index contributed by atoms with van der Waals surface area (Å²) in [5, 5.41) is 14.3. The summed E-state index contributed by atoms with van der Waals surface area (Å²) < 4.78 is 6.15. The number of nitrogens with zero attached hydrogens (tertiary/aromatic N) is 1. The second-order valence-corrected chi connectivity index (χ2v) is 15.7. The first kappa shape index (κ1) is 29.2. The van der Waals surface area contributed by atoms with E-state index in [0.29, 0.717) is 34.8 Å². The van der Waals surface area contributed by atoms with E-state index in [1.807, 2.05) is 30.3 Å². The molecule has 41 heavy (non-hydrogen) atoms. The molecule has 226 valence electrons. The van der Waals surface area contributed by atoms with Crippen LogP contribution >= 0.6 is 0 Å². The monoisotopic (exact) mass is 564 g/mol. The number of carbonyl (C=O) groups is 2. The second-order valence-electron chi connectivity index (χ2n) is 15.7. The number of ether oxygens (including phenoxy) is 1. The van der Waals surface area contributed by atoms with E-state index in [4.69, 9.17) is 4.74 Å². The second kappa shape index (κ2) is 9.54. The molecule has 1 aromatic rings. The van der Waals surface area contributed by atoms with E-state index in [1.54, 1.807) is 6.92 Å². The van der Waals surface area contributed by atoms with Crippen LogP contribution in [-0.2, 0) is 9.53 Å². The SMILES string of the molecule is CC(=O)O[C@@H]1C[C@@]2(C)[C@@H]3CC[C@H]4[C@@](C)(CO)[C@@H](NC(=O)c5ccccc5)CC[C@]45C[C@]35CC[C@]2(C)[C@H]1[C@H](C)N(C)C. The first-order valence-electron chi connectivity index (χ1n) is 16.1. The Bertz CT molecular complexity index is 1200. The van der Waals surface area contributed by atoms with Crippen molar-refractivity contribution in [2.75, 3.05) is 20.7 Å². The number of hydrogen-bond donors (Lipinski definition) is 2. The summed E-state index contributed by atoms with van der Waals surface area (Å²) in [5.74, 6) is 1.12. The molecule has 5 saturated carbocycles. The predicted octanol–water partition coefficient (Wildman–Crippen LogP) is 5.69. The molecule has 0 aromatic heterocycles. The van der Waals surface area contributed by atoms with Gasteiger partial charge in [0.2, 0.25) is 0 Å². The van der Waals surface area contributed by atoms with Crippen molar-refractivity contribution in [3.05, 3.63) is 35.9 Å². The molecule has 5 fully saturated rings. The summed E-state index contributed by atoms with van der Waals surface area (Å²) in [6.07, 6.45) is 8.85. The zero-order valence-electron chi connectivity index (χ0n) is 26.3. The van der Waals surface area contributed by atoms with Gasteiger partial charge in [0, 0.05) is 35.9 Å². The van der Waals surface area contributed by atoms with E-state index >= 15 is 0 Å². The van der Waals surface area contributed by atoms with Gasteiger partial charge in [-0.05, 0) is 118 Å². The number of fused-ring (bicyclic) bond motifs is 2. The van der Waals surface area contributed by atoms with Crippen LogP contribution in [0.3, 0.4) is 0 Å². The number of rotatable bonds is 6. The maximum absolute atomic E-state index is 13.2. The minimum absolute atomic E-state index is 0.0281. The fourth-order valence-electron chi connectivity index (χ4n) is 12.1. The maximum Gasteiger partial charge on any atom is 0.302 e. The molecule has 6 rings (SSSR count). The van der Waals surface area contributed by atoms with Crippen LogP contribution in [0.2, 0.25) is 0 Å². The van der Waals surface area contributed by atoms with Gasteiger partial charge in [0.1, 0.15) is 6.10 Å². The van der Waals surface area contributed by atoms with Gasteiger partial charge >= 0.3 is 5.97 Å². The van der Waals surface area contributed by atoms with Crippen LogP contribution in [0.15, 0.2) is 30.3 Å². The topological polar surface area (TPSA) is 78.9 Å². The van der Waals surface area contributed by atoms with Gasteiger partial charge in [-0.15, -0.1) is 0 Å². The number of benzene rings is 1. The van der Waals surface area contributed by atoms with Crippen LogP contribution in [0.4, 0.5) is 0 Å². The summed E-state index contributed by atoms with van der Waals surface area (Å²) >= 11 is 0. The lowest BCUT2D eigenvalue weighted by Crippen LogP contribution is -2.62. The van der Waals surface area contributed by atoms with Crippen LogP contribution in [-0.4, -0.2) is 60.8 Å². The molecule has 0 bridgehead atoms. The number of aliphatic hydroxyl groups excluding tert-OH is 1. The highest BCUT2D eigenvalue weighted by molar-refractivity contribution is 5.94. The van der Waals surface area contributed by atoms with Crippen molar-refractivity contribution in [3.63, 3.8) is 0 Å². The number of carbonyl (C=O) groups excluding carboxylic acids is 2. The Morgan fingerprint density at radius 1 is 1.00 bits per heavy atom. The zero-order chi connectivity index (χ0) is 29.6. The van der Waals surface area contributed by atoms with Gasteiger partial charge in [0.15, 0.2) is 0 Å². The summed E-state index contributed by atoms with van der Waals surface area (Å²) in [5.41, 5.74) is 1.09. The van der Waals surface area contributed by atoms with Gasteiger partial charge in [-0.25, -0.2) is 0 Å². The summed E-state index contributed by atoms with van der Waals surface area (Å²) in [6, 6.07) is 9.77. The van der Waals surface area contributed by atoms with Crippen molar-refractivity contribution in [3.8, 4) is 0 Å². The lowest BCUT2D eigenvalue weighted by atomic mass is 9.41. The Kier molecular flexibility index (Phi) is 6.79. The van der Waals surface area contributed by atoms with Gasteiger partial charge < -0.3 is 20.1 Å². The molecule has 5 aliphatic carbocycles. The van der Waals surface area contributed by atoms with Gasteiger partial charge in [-0.1, -0.05) is 39.0 Å². The fraction of sp³-hybridized carbons (Fsp3) is 0.771. The molecule has 6 heteroatoms. The quantitative estimate of drug-likeness (QED) is 0.434. The standard InChI is InChI=1S/C35H52N2O4/c1-22(37(6)7)29-25(41-23(2)39)19-33(5)27-14-13-26-31(3,21-38)28(36-30(40)24-11-9-8-10-12-24)15-16-34(26)20-35(27,34)18-17-32(29,33)4/h8-12,22,25-29,38H,13-21H2,1-7H3,(H,36,40)/t22-,25+,26-,27-,28-,29-,31+,32+,33-,34-,35+/m0/s1. The lowest BCUT2D eigenvalue weighted by molar-refractivity contribution is -0.156. The van der Waals surface area contributed by atoms with Crippen LogP contribution in [0, 0.1) is 44.8 Å². The van der Waals surface area contributed by atoms with Crippen molar-refractivity contribution in [1.29, 1.82) is 0 Å². The summed E-state index contributed by atoms with van der Waals surface area (Å²) in [6.45, 7) is 11.3. The Labute approximate surface area is 247 Å². The van der Waals surface area contributed by atoms with Gasteiger partial charge in [0.25, 0.3) is 5.91 Å². The molecular formula is C35H52N2O4. The third kappa shape index (κ3) is 3.81. The van der Waals surface area contributed by atoms with Crippen molar-refractivity contribution in [1.82, 2.24) is 10.2 Å². The van der Waals surface area contributed by atoms with Crippen LogP contribution in [0.25, 0.3) is 0 Å². The predicted molar refractivity (Wildman–Crippen MR) is 160 cm³/mol. The van der Waals surface area contributed by atoms with E-state index in [1.165, 1.54) is 19.3 Å². The molecule has 0 aliphatic heterocycles. The van der Waals surface area contributed by atoms with Crippen LogP contribution in [0.5, 0.6) is 0 Å². The zero-order valence-corrected chi connectivity index (χ0v) is 26.3. The fourth-order valence-corrected chi connectivity index (χ4v) is 12.1. The molecule has 0 saturated heterocycles. The molecule has 2 spiro atoms. The minimum Gasteiger partial charge on any atom is -0.462 e. The molecule has 0 unspecified atom stereocenters. The first-order chi connectivity index (χ1) is 19.3. The molecule has 0 radical (unpaired) electrons. The molecule has 5 aliphatic rings. The first-order valence-corrected chi connectivity index (χ1v) is 16.1. The molecule has 2 N–H and O–H groups in total. The Balaban J connectivity index is 1.30. The van der Waals surface area contributed by atoms with Gasteiger partial charge in [-0.2, -0.15) is 0 Å². The largest absolute Gasteiger partial charge is 0.462 e.